The van der Waals surface area contributed by atoms with Crippen molar-refractivity contribution in [1.82, 2.24) is 0 Å². The molecule has 13 heavy (non-hydrogen) atoms. The van der Waals surface area contributed by atoms with E-state index in [9.17, 15) is 0 Å². The highest BCUT2D eigenvalue weighted by Crippen LogP contribution is 2.39. The summed E-state index contributed by atoms with van der Waals surface area (Å²) < 4.78 is 0. The second kappa shape index (κ2) is 5.06. The number of hydrogen-bond donors (Lipinski definition) is 0. The van der Waals surface area contributed by atoms with E-state index >= 15 is 0 Å². The van der Waals surface area contributed by atoms with Crippen LogP contribution in [0, 0.1) is 5.92 Å². The summed E-state index contributed by atoms with van der Waals surface area (Å²) in [6.07, 6.45) is 11.7. The minimum absolute atomic E-state index is 0.847. The third-order valence-electron chi connectivity index (χ3n) is 2.51. The fraction of sp³-hybridized carbons (Fsp3) is 0.538. The van der Waals surface area contributed by atoms with Gasteiger partial charge in [-0.2, -0.15) is 0 Å². The predicted octanol–water partition coefficient (Wildman–Crippen LogP) is 4.26. The number of rotatable bonds is 5. The molecule has 0 aromatic heterocycles. The minimum Gasteiger partial charge on any atom is -0.0995 e. The highest BCUT2D eigenvalue weighted by atomic mass is 14.3. The normalized spacial score (nSPS) is 22.8. The Bertz CT molecular complexity index is 230. The lowest BCUT2D eigenvalue weighted by molar-refractivity contribution is 0.764. The molecule has 1 aliphatic carbocycles. The van der Waals surface area contributed by atoms with Gasteiger partial charge in [0.25, 0.3) is 0 Å². The standard InChI is InChI=1S/C13H20/c1-4-7-11(2)8-5-6-9-13-10-12(13)3/h5,7-8,13H,3-4,6,9-10H2,1-2H3. The van der Waals surface area contributed by atoms with E-state index in [-0.39, 0.29) is 0 Å². The molecule has 0 aromatic rings. The highest BCUT2D eigenvalue weighted by molar-refractivity contribution is 5.19. The van der Waals surface area contributed by atoms with Gasteiger partial charge in [-0.25, -0.2) is 0 Å². The van der Waals surface area contributed by atoms with Crippen molar-refractivity contribution in [1.29, 1.82) is 0 Å². The van der Waals surface area contributed by atoms with E-state index in [2.05, 4.69) is 38.7 Å². The molecule has 0 bridgehead atoms. The second-order valence-electron chi connectivity index (χ2n) is 3.90. The van der Waals surface area contributed by atoms with Crippen LogP contribution >= 0.6 is 0 Å². The molecule has 1 unspecified atom stereocenters. The molecule has 1 atom stereocenters. The van der Waals surface area contributed by atoms with Gasteiger partial charge in [0.05, 0.1) is 0 Å². The lowest BCUT2D eigenvalue weighted by atomic mass is 10.1. The van der Waals surface area contributed by atoms with Gasteiger partial charge in [-0.1, -0.05) is 42.9 Å². The summed E-state index contributed by atoms with van der Waals surface area (Å²) in [6.45, 7) is 8.29. The summed E-state index contributed by atoms with van der Waals surface area (Å²) in [6, 6.07) is 0. The number of hydrogen-bond acceptors (Lipinski definition) is 0. The monoisotopic (exact) mass is 176 g/mol. The van der Waals surface area contributed by atoms with E-state index in [0.717, 1.165) is 12.3 Å². The fourth-order valence-electron chi connectivity index (χ4n) is 1.52. The maximum Gasteiger partial charge on any atom is -0.0166 e. The first kappa shape index (κ1) is 10.3. The van der Waals surface area contributed by atoms with Crippen molar-refractivity contribution in [3.8, 4) is 0 Å². The van der Waals surface area contributed by atoms with Gasteiger partial charge in [0.2, 0.25) is 0 Å². The van der Waals surface area contributed by atoms with Crippen molar-refractivity contribution in [2.45, 2.75) is 39.5 Å². The van der Waals surface area contributed by atoms with Crippen LogP contribution in [-0.4, -0.2) is 0 Å². The van der Waals surface area contributed by atoms with Gasteiger partial charge >= 0.3 is 0 Å². The van der Waals surface area contributed by atoms with Crippen LogP contribution in [0.5, 0.6) is 0 Å². The molecular formula is C13H20. The van der Waals surface area contributed by atoms with E-state index in [1.54, 1.807) is 0 Å². The Labute approximate surface area is 82.0 Å². The maximum absolute atomic E-state index is 3.96. The second-order valence-corrected chi connectivity index (χ2v) is 3.90. The molecule has 0 radical (unpaired) electrons. The van der Waals surface area contributed by atoms with Crippen LogP contribution in [0.3, 0.4) is 0 Å². The van der Waals surface area contributed by atoms with E-state index in [4.69, 9.17) is 0 Å². The first-order chi connectivity index (χ1) is 6.24. The largest absolute Gasteiger partial charge is 0.0995 e. The molecule has 0 amide bonds. The SMILES string of the molecule is C=C1CC1CCC=CC(C)=CCC. The lowest BCUT2D eigenvalue weighted by Crippen LogP contribution is -1.74. The van der Waals surface area contributed by atoms with Gasteiger partial charge in [-0.15, -0.1) is 0 Å². The minimum atomic E-state index is 0.847. The first-order valence-corrected chi connectivity index (χ1v) is 5.25. The molecule has 0 aromatic carbocycles. The van der Waals surface area contributed by atoms with Crippen molar-refractivity contribution >= 4 is 0 Å². The summed E-state index contributed by atoms with van der Waals surface area (Å²) in [7, 11) is 0. The first-order valence-electron chi connectivity index (χ1n) is 5.25. The molecule has 1 saturated carbocycles. The van der Waals surface area contributed by atoms with E-state index in [1.165, 1.54) is 30.4 Å². The average molecular weight is 176 g/mol. The van der Waals surface area contributed by atoms with Gasteiger partial charge < -0.3 is 0 Å². The van der Waals surface area contributed by atoms with Crippen molar-refractivity contribution in [3.63, 3.8) is 0 Å². The van der Waals surface area contributed by atoms with Crippen molar-refractivity contribution in [3.05, 3.63) is 36.0 Å². The van der Waals surface area contributed by atoms with E-state index < -0.39 is 0 Å². The predicted molar refractivity (Wildman–Crippen MR) is 59.7 cm³/mol. The summed E-state index contributed by atoms with van der Waals surface area (Å²) >= 11 is 0. The molecule has 0 aliphatic heterocycles. The Hall–Kier alpha value is -0.780. The summed E-state index contributed by atoms with van der Waals surface area (Å²) in [5.74, 6) is 0.847. The summed E-state index contributed by atoms with van der Waals surface area (Å²) in [5.41, 5.74) is 2.84. The van der Waals surface area contributed by atoms with Crippen LogP contribution in [0.25, 0.3) is 0 Å². The maximum atomic E-state index is 3.96. The Morgan fingerprint density at radius 3 is 2.85 bits per heavy atom. The van der Waals surface area contributed by atoms with Gasteiger partial charge in [0.1, 0.15) is 0 Å². The summed E-state index contributed by atoms with van der Waals surface area (Å²) in [5, 5.41) is 0. The quantitative estimate of drug-likeness (QED) is 0.434. The zero-order chi connectivity index (χ0) is 9.68. The molecular weight excluding hydrogens is 156 g/mol. The molecule has 1 fully saturated rings. The highest BCUT2D eigenvalue weighted by Gasteiger charge is 2.25. The van der Waals surface area contributed by atoms with Crippen LogP contribution in [0.4, 0.5) is 0 Å². The zero-order valence-corrected chi connectivity index (χ0v) is 8.84. The van der Waals surface area contributed by atoms with Gasteiger partial charge in [-0.3, -0.25) is 0 Å². The molecule has 0 spiro atoms. The van der Waals surface area contributed by atoms with Crippen molar-refractivity contribution in [2.24, 2.45) is 5.92 Å². The van der Waals surface area contributed by atoms with Gasteiger partial charge in [0, 0.05) is 0 Å². The van der Waals surface area contributed by atoms with Crippen LogP contribution in [0.2, 0.25) is 0 Å². The lowest BCUT2D eigenvalue weighted by Gasteiger charge is -1.92. The fourth-order valence-corrected chi connectivity index (χ4v) is 1.52. The van der Waals surface area contributed by atoms with E-state index in [1.807, 2.05) is 0 Å². The molecule has 72 valence electrons. The van der Waals surface area contributed by atoms with Crippen molar-refractivity contribution in [2.75, 3.05) is 0 Å². The summed E-state index contributed by atoms with van der Waals surface area (Å²) in [4.78, 5) is 0. The molecule has 0 saturated heterocycles. The third kappa shape index (κ3) is 4.12. The topological polar surface area (TPSA) is 0 Å². The molecule has 1 aliphatic rings. The molecule has 0 heteroatoms. The van der Waals surface area contributed by atoms with E-state index in [0.29, 0.717) is 0 Å². The Balaban J connectivity index is 2.10. The van der Waals surface area contributed by atoms with Crippen molar-refractivity contribution < 1.29 is 0 Å². The smallest absolute Gasteiger partial charge is 0.0166 e. The Kier molecular flexibility index (Phi) is 4.01. The zero-order valence-electron chi connectivity index (χ0n) is 8.84. The third-order valence-corrected chi connectivity index (χ3v) is 2.51. The molecule has 1 rings (SSSR count). The van der Waals surface area contributed by atoms with Gasteiger partial charge in [-0.05, 0) is 38.5 Å². The molecule has 0 N–H and O–H groups in total. The number of allylic oxidation sites excluding steroid dienone is 5. The van der Waals surface area contributed by atoms with Crippen LogP contribution < -0.4 is 0 Å². The van der Waals surface area contributed by atoms with Crippen LogP contribution in [0.15, 0.2) is 36.0 Å². The average Bonchev–Trinajstić information content (AvgIpc) is 2.77. The Morgan fingerprint density at radius 1 is 1.62 bits per heavy atom. The molecule has 0 nitrogen and oxygen atoms in total. The van der Waals surface area contributed by atoms with Crippen LogP contribution in [-0.2, 0) is 0 Å². The van der Waals surface area contributed by atoms with Crippen LogP contribution in [0.1, 0.15) is 39.5 Å². The van der Waals surface area contributed by atoms with Gasteiger partial charge in [0.15, 0.2) is 0 Å². The molecule has 0 heterocycles. The Morgan fingerprint density at radius 2 is 2.31 bits per heavy atom.